The van der Waals surface area contributed by atoms with Crippen molar-refractivity contribution in [3.05, 3.63) is 63.7 Å². The van der Waals surface area contributed by atoms with Crippen LogP contribution in [0.5, 0.6) is 11.5 Å². The molecule has 0 aliphatic heterocycles. The van der Waals surface area contributed by atoms with Crippen LogP contribution in [0, 0.1) is 13.8 Å². The van der Waals surface area contributed by atoms with Crippen molar-refractivity contribution in [1.82, 2.24) is 0 Å². The van der Waals surface area contributed by atoms with Gasteiger partial charge in [0.2, 0.25) is 0 Å². The van der Waals surface area contributed by atoms with E-state index in [0.717, 1.165) is 12.8 Å². The number of aromatic hydroxyl groups is 2. The Balaban J connectivity index is 1.43. The lowest BCUT2D eigenvalue weighted by Crippen LogP contribution is -2.11. The predicted octanol–water partition coefficient (Wildman–Crippen LogP) is 9.16. The number of phenolic OH excluding ortho intramolecular Hbond substituents is 2. The summed E-state index contributed by atoms with van der Waals surface area (Å²) in [5.41, 5.74) is 9.00. The van der Waals surface area contributed by atoms with Crippen LogP contribution < -0.4 is 0 Å². The molecule has 2 fully saturated rings. The van der Waals surface area contributed by atoms with Crippen LogP contribution in [0.3, 0.4) is 0 Å². The maximum absolute atomic E-state index is 10.8. The van der Waals surface area contributed by atoms with E-state index in [9.17, 15) is 10.2 Å². The maximum atomic E-state index is 10.8. The van der Waals surface area contributed by atoms with Crippen molar-refractivity contribution in [2.75, 3.05) is 0 Å². The molecule has 182 valence electrons. The van der Waals surface area contributed by atoms with E-state index in [-0.39, 0.29) is 0 Å². The fourth-order valence-electron chi connectivity index (χ4n) is 7.10. The Kier molecular flexibility index (Phi) is 7.04. The van der Waals surface area contributed by atoms with Gasteiger partial charge >= 0.3 is 0 Å². The third-order valence-corrected chi connectivity index (χ3v) is 9.04. The SMILES string of the molecule is Cc1cc(O)c(C2CCCCC2)cc1C1=CCCC(c2cc(C3CCCCC3)c(O)cc2C)C1. The highest BCUT2D eigenvalue weighted by Gasteiger charge is 2.26. The third kappa shape index (κ3) is 4.79. The number of aryl methyl sites for hydroxylation is 2. The number of benzene rings is 2. The molecule has 0 spiro atoms. The van der Waals surface area contributed by atoms with Gasteiger partial charge in [-0.3, -0.25) is 0 Å². The molecule has 2 saturated carbocycles. The fourth-order valence-corrected chi connectivity index (χ4v) is 7.10. The zero-order chi connectivity index (χ0) is 23.7. The normalized spacial score (nSPS) is 22.5. The lowest BCUT2D eigenvalue weighted by molar-refractivity contribution is 0.413. The lowest BCUT2D eigenvalue weighted by Gasteiger charge is -2.29. The van der Waals surface area contributed by atoms with Crippen LogP contribution in [-0.2, 0) is 0 Å². The second-order valence-electron chi connectivity index (χ2n) is 11.4. The van der Waals surface area contributed by atoms with Gasteiger partial charge in [-0.15, -0.1) is 0 Å². The van der Waals surface area contributed by atoms with E-state index in [0.29, 0.717) is 29.3 Å². The molecule has 2 heteroatoms. The summed E-state index contributed by atoms with van der Waals surface area (Å²) in [5.74, 6) is 2.52. The number of rotatable bonds is 4. The summed E-state index contributed by atoms with van der Waals surface area (Å²) in [6.07, 6.45) is 18.4. The molecule has 2 aromatic rings. The van der Waals surface area contributed by atoms with Gasteiger partial charge in [0.05, 0.1) is 0 Å². The van der Waals surface area contributed by atoms with E-state index >= 15 is 0 Å². The van der Waals surface area contributed by atoms with Gasteiger partial charge in [0.25, 0.3) is 0 Å². The Morgan fingerprint density at radius 3 is 1.76 bits per heavy atom. The smallest absolute Gasteiger partial charge is 0.119 e. The zero-order valence-electron chi connectivity index (χ0n) is 21.2. The van der Waals surface area contributed by atoms with Crippen molar-refractivity contribution < 1.29 is 10.2 Å². The molecular weight excluding hydrogens is 416 g/mol. The zero-order valence-corrected chi connectivity index (χ0v) is 21.2. The van der Waals surface area contributed by atoms with E-state index in [1.165, 1.54) is 110 Å². The number of phenols is 2. The Bertz CT molecular complexity index is 1050. The molecular formula is C32H42O2. The third-order valence-electron chi connectivity index (χ3n) is 9.04. The van der Waals surface area contributed by atoms with Crippen LogP contribution in [-0.4, -0.2) is 10.2 Å². The van der Waals surface area contributed by atoms with Gasteiger partial charge in [0.1, 0.15) is 11.5 Å². The number of hydrogen-bond donors (Lipinski definition) is 2. The number of allylic oxidation sites excluding steroid dienone is 2. The Labute approximate surface area is 206 Å². The molecule has 2 nitrogen and oxygen atoms in total. The second-order valence-corrected chi connectivity index (χ2v) is 11.4. The maximum Gasteiger partial charge on any atom is 0.119 e. The van der Waals surface area contributed by atoms with E-state index in [1.807, 2.05) is 12.1 Å². The minimum absolute atomic E-state index is 0.493. The molecule has 0 saturated heterocycles. The molecule has 1 atom stereocenters. The van der Waals surface area contributed by atoms with Gasteiger partial charge in [0, 0.05) is 0 Å². The molecule has 5 rings (SSSR count). The summed E-state index contributed by atoms with van der Waals surface area (Å²) in [4.78, 5) is 0. The average Bonchev–Trinajstić information content (AvgIpc) is 2.85. The van der Waals surface area contributed by atoms with Crippen molar-refractivity contribution >= 4 is 5.57 Å². The highest BCUT2D eigenvalue weighted by molar-refractivity contribution is 5.72. The van der Waals surface area contributed by atoms with Crippen molar-refractivity contribution in [1.29, 1.82) is 0 Å². The highest BCUT2D eigenvalue weighted by Crippen LogP contribution is 2.45. The molecule has 1 unspecified atom stereocenters. The van der Waals surface area contributed by atoms with Gasteiger partial charge < -0.3 is 10.2 Å². The Morgan fingerprint density at radius 1 is 0.588 bits per heavy atom. The first-order valence-corrected chi connectivity index (χ1v) is 13.9. The van der Waals surface area contributed by atoms with Crippen LogP contribution in [0.4, 0.5) is 0 Å². The van der Waals surface area contributed by atoms with E-state index in [2.05, 4.69) is 32.1 Å². The number of hydrogen-bond acceptors (Lipinski definition) is 2. The van der Waals surface area contributed by atoms with Crippen LogP contribution in [0.1, 0.15) is 135 Å². The van der Waals surface area contributed by atoms with Crippen LogP contribution in [0.15, 0.2) is 30.3 Å². The molecule has 0 amide bonds. The van der Waals surface area contributed by atoms with Gasteiger partial charge in [-0.05, 0) is 134 Å². The lowest BCUT2D eigenvalue weighted by atomic mass is 9.76. The Morgan fingerprint density at radius 2 is 1.15 bits per heavy atom. The molecule has 2 N–H and O–H groups in total. The minimum Gasteiger partial charge on any atom is -0.508 e. The van der Waals surface area contributed by atoms with Crippen molar-refractivity contribution in [3.8, 4) is 11.5 Å². The molecule has 3 aliphatic carbocycles. The summed E-state index contributed by atoms with van der Waals surface area (Å²) in [6.45, 7) is 4.32. The monoisotopic (exact) mass is 458 g/mol. The molecule has 34 heavy (non-hydrogen) atoms. The molecule has 0 radical (unpaired) electrons. The Hall–Kier alpha value is -2.22. The predicted molar refractivity (Wildman–Crippen MR) is 142 cm³/mol. The van der Waals surface area contributed by atoms with Crippen molar-refractivity contribution in [2.24, 2.45) is 0 Å². The molecule has 0 heterocycles. The molecule has 0 bridgehead atoms. The second kappa shape index (κ2) is 10.2. The van der Waals surface area contributed by atoms with E-state index in [1.54, 1.807) is 0 Å². The summed E-state index contributed by atoms with van der Waals surface area (Å²) >= 11 is 0. The molecule has 3 aliphatic rings. The topological polar surface area (TPSA) is 40.5 Å². The highest BCUT2D eigenvalue weighted by atomic mass is 16.3. The summed E-state index contributed by atoms with van der Waals surface area (Å²) in [6, 6.07) is 8.73. The summed E-state index contributed by atoms with van der Waals surface area (Å²) < 4.78 is 0. The van der Waals surface area contributed by atoms with Gasteiger partial charge in [-0.1, -0.05) is 50.7 Å². The standard InChI is InChI=1S/C32H42O2/c1-21-16-31(33)29(23-10-5-3-6-11-23)19-27(21)25-14-9-15-26(18-25)28-20-30(32(34)17-22(28)2)24-12-7-4-8-13-24/h14,16-17,19-20,23-24,26,33-34H,3-13,15,18H2,1-2H3. The van der Waals surface area contributed by atoms with Gasteiger partial charge in [-0.2, -0.15) is 0 Å². The van der Waals surface area contributed by atoms with Gasteiger partial charge in [0.15, 0.2) is 0 Å². The van der Waals surface area contributed by atoms with E-state index < -0.39 is 0 Å². The fraction of sp³-hybridized carbons (Fsp3) is 0.562. The van der Waals surface area contributed by atoms with Crippen LogP contribution in [0.2, 0.25) is 0 Å². The van der Waals surface area contributed by atoms with Crippen molar-refractivity contribution in [3.63, 3.8) is 0 Å². The quantitative estimate of drug-likeness (QED) is 0.479. The average molecular weight is 459 g/mol. The minimum atomic E-state index is 0.493. The van der Waals surface area contributed by atoms with E-state index in [4.69, 9.17) is 0 Å². The first-order chi connectivity index (χ1) is 16.5. The van der Waals surface area contributed by atoms with Gasteiger partial charge in [-0.25, -0.2) is 0 Å². The first-order valence-electron chi connectivity index (χ1n) is 13.9. The van der Waals surface area contributed by atoms with Crippen LogP contribution >= 0.6 is 0 Å². The molecule has 2 aromatic carbocycles. The van der Waals surface area contributed by atoms with Crippen molar-refractivity contribution in [2.45, 2.75) is 115 Å². The summed E-state index contributed by atoms with van der Waals surface area (Å²) in [5, 5.41) is 21.5. The first kappa shape index (κ1) is 23.5. The molecule has 0 aromatic heterocycles. The summed E-state index contributed by atoms with van der Waals surface area (Å²) in [7, 11) is 0. The van der Waals surface area contributed by atoms with Crippen LogP contribution in [0.25, 0.3) is 5.57 Å². The largest absolute Gasteiger partial charge is 0.508 e.